The first-order chi connectivity index (χ1) is 9.02. The number of hydrogen-bond donors (Lipinski definition) is 3. The second kappa shape index (κ2) is 5.63. The fraction of sp³-hybridized carbons (Fsp3) is 0.385. The first-order valence-electron chi connectivity index (χ1n) is 5.96. The van der Waals surface area contributed by atoms with E-state index >= 15 is 0 Å². The van der Waals surface area contributed by atoms with Crippen LogP contribution in [0.4, 0.5) is 5.95 Å². The van der Waals surface area contributed by atoms with E-state index in [1.807, 2.05) is 12.3 Å². The van der Waals surface area contributed by atoms with Crippen LogP contribution in [0.5, 0.6) is 0 Å². The highest BCUT2D eigenvalue weighted by Crippen LogP contribution is 2.12. The summed E-state index contributed by atoms with van der Waals surface area (Å²) in [4.78, 5) is 18.8. The molecule has 0 bridgehead atoms. The molecule has 3 N–H and O–H groups in total. The van der Waals surface area contributed by atoms with Crippen LogP contribution < -0.4 is 10.9 Å². The van der Waals surface area contributed by atoms with E-state index in [4.69, 9.17) is 0 Å². The van der Waals surface area contributed by atoms with Gasteiger partial charge in [0.2, 0.25) is 5.95 Å². The van der Waals surface area contributed by atoms with Gasteiger partial charge < -0.3 is 10.4 Å². The fourth-order valence-corrected chi connectivity index (χ4v) is 2.53. The van der Waals surface area contributed by atoms with Crippen LogP contribution in [-0.4, -0.2) is 39.2 Å². The summed E-state index contributed by atoms with van der Waals surface area (Å²) in [7, 11) is 0. The van der Waals surface area contributed by atoms with Gasteiger partial charge >= 0.3 is 0 Å². The zero-order chi connectivity index (χ0) is 13.9. The van der Waals surface area contributed by atoms with Gasteiger partial charge in [0.25, 0.3) is 5.56 Å². The highest BCUT2D eigenvalue weighted by Gasteiger charge is 2.19. The van der Waals surface area contributed by atoms with Gasteiger partial charge in [-0.1, -0.05) is 12.1 Å². The monoisotopic (exact) mass is 279 g/mol. The summed E-state index contributed by atoms with van der Waals surface area (Å²) in [6.07, 6.45) is 1.94. The number of nitrogens with zero attached hydrogens (tertiary/aromatic N) is 1. The van der Waals surface area contributed by atoms with Gasteiger partial charge in [-0.05, 0) is 25.3 Å². The van der Waals surface area contributed by atoms with Crippen molar-refractivity contribution >= 4 is 28.6 Å². The second-order valence-electron chi connectivity index (χ2n) is 4.72. The molecule has 0 aliphatic heterocycles. The summed E-state index contributed by atoms with van der Waals surface area (Å²) in [5, 5.41) is 13.6. The molecule has 2 rings (SSSR count). The predicted molar refractivity (Wildman–Crippen MR) is 79.9 cm³/mol. The maximum Gasteiger partial charge on any atom is 0.260 e. The molecule has 1 aromatic carbocycles. The van der Waals surface area contributed by atoms with E-state index in [0.29, 0.717) is 29.1 Å². The molecule has 1 heterocycles. The van der Waals surface area contributed by atoms with Crippen molar-refractivity contribution in [2.75, 3.05) is 23.9 Å². The van der Waals surface area contributed by atoms with Crippen LogP contribution in [0.3, 0.4) is 0 Å². The number of rotatable bonds is 5. The number of thioether (sulfide) groups is 1. The number of para-hydroxylation sites is 1. The SMILES string of the molecule is CSC[C@](C)(O)CNc1nc2ccccc2c(=O)[nH]1. The van der Waals surface area contributed by atoms with Crippen molar-refractivity contribution in [2.24, 2.45) is 0 Å². The van der Waals surface area contributed by atoms with Gasteiger partial charge in [-0.15, -0.1) is 0 Å². The Labute approximate surface area is 115 Å². The van der Waals surface area contributed by atoms with Crippen LogP contribution in [0.1, 0.15) is 6.92 Å². The average molecular weight is 279 g/mol. The zero-order valence-corrected chi connectivity index (χ0v) is 11.8. The van der Waals surface area contributed by atoms with Crippen LogP contribution in [-0.2, 0) is 0 Å². The summed E-state index contributed by atoms with van der Waals surface area (Å²) >= 11 is 1.57. The number of aromatic amines is 1. The molecule has 19 heavy (non-hydrogen) atoms. The minimum absolute atomic E-state index is 0.183. The first kappa shape index (κ1) is 13.9. The van der Waals surface area contributed by atoms with Crippen LogP contribution in [0.25, 0.3) is 10.9 Å². The molecular formula is C13H17N3O2S. The molecule has 0 saturated heterocycles. The summed E-state index contributed by atoms with van der Waals surface area (Å²) in [5.41, 5.74) is -0.389. The molecule has 0 radical (unpaired) electrons. The minimum Gasteiger partial charge on any atom is -0.387 e. The van der Waals surface area contributed by atoms with Crippen molar-refractivity contribution in [3.8, 4) is 0 Å². The molecule has 0 saturated carbocycles. The summed E-state index contributed by atoms with van der Waals surface area (Å²) < 4.78 is 0. The number of fused-ring (bicyclic) bond motifs is 1. The van der Waals surface area contributed by atoms with Crippen LogP contribution >= 0.6 is 11.8 Å². The maximum atomic E-state index is 11.8. The third-order valence-electron chi connectivity index (χ3n) is 2.70. The van der Waals surface area contributed by atoms with E-state index in [9.17, 15) is 9.90 Å². The molecule has 0 unspecified atom stereocenters. The van der Waals surface area contributed by atoms with Crippen LogP contribution in [0.2, 0.25) is 0 Å². The number of H-pyrrole nitrogens is 1. The van der Waals surface area contributed by atoms with Gasteiger partial charge in [-0.25, -0.2) is 4.98 Å². The standard InChI is InChI=1S/C13H17N3O2S/c1-13(18,8-19-2)7-14-12-15-10-6-4-3-5-9(10)11(17)16-12/h3-6,18H,7-8H2,1-2H3,(H2,14,15,16,17)/t13-/m1/s1. The minimum atomic E-state index is -0.844. The number of hydrogen-bond acceptors (Lipinski definition) is 5. The Morgan fingerprint density at radius 1 is 1.47 bits per heavy atom. The fourth-order valence-electron chi connectivity index (χ4n) is 1.81. The lowest BCUT2D eigenvalue weighted by atomic mass is 10.1. The number of aromatic nitrogens is 2. The normalized spacial score (nSPS) is 14.3. The quantitative estimate of drug-likeness (QED) is 0.772. The number of nitrogens with one attached hydrogen (secondary N) is 2. The second-order valence-corrected chi connectivity index (χ2v) is 5.58. The largest absolute Gasteiger partial charge is 0.387 e. The summed E-state index contributed by atoms with van der Waals surface area (Å²) in [6.45, 7) is 2.07. The summed E-state index contributed by atoms with van der Waals surface area (Å²) in [5.74, 6) is 0.989. The molecule has 0 aliphatic carbocycles. The Balaban J connectivity index is 2.20. The predicted octanol–water partition coefficient (Wildman–Crippen LogP) is 1.45. The number of anilines is 1. The van der Waals surface area contributed by atoms with E-state index in [2.05, 4.69) is 15.3 Å². The molecule has 0 fully saturated rings. The molecule has 1 aromatic heterocycles. The molecule has 0 spiro atoms. The van der Waals surface area contributed by atoms with Gasteiger partial charge in [0.15, 0.2) is 0 Å². The Morgan fingerprint density at radius 3 is 2.95 bits per heavy atom. The van der Waals surface area contributed by atoms with Crippen molar-refractivity contribution in [1.82, 2.24) is 9.97 Å². The number of aliphatic hydroxyl groups is 1. The van der Waals surface area contributed by atoms with Crippen molar-refractivity contribution < 1.29 is 5.11 Å². The molecule has 1 atom stereocenters. The Hall–Kier alpha value is -1.53. The van der Waals surface area contributed by atoms with E-state index in [1.165, 1.54) is 0 Å². The maximum absolute atomic E-state index is 11.8. The lowest BCUT2D eigenvalue weighted by Gasteiger charge is -2.22. The van der Waals surface area contributed by atoms with E-state index in [0.717, 1.165) is 0 Å². The van der Waals surface area contributed by atoms with Gasteiger partial charge in [-0.2, -0.15) is 11.8 Å². The lowest BCUT2D eigenvalue weighted by Crippen LogP contribution is -2.36. The van der Waals surface area contributed by atoms with Crippen molar-refractivity contribution in [3.05, 3.63) is 34.6 Å². The topological polar surface area (TPSA) is 78.0 Å². The van der Waals surface area contributed by atoms with Crippen LogP contribution in [0.15, 0.2) is 29.1 Å². The first-order valence-corrected chi connectivity index (χ1v) is 7.35. The van der Waals surface area contributed by atoms with Gasteiger partial charge in [-0.3, -0.25) is 9.78 Å². The smallest absolute Gasteiger partial charge is 0.260 e. The molecule has 6 heteroatoms. The Bertz CT molecular complexity index is 625. The highest BCUT2D eigenvalue weighted by atomic mass is 32.2. The van der Waals surface area contributed by atoms with Crippen molar-refractivity contribution in [2.45, 2.75) is 12.5 Å². The van der Waals surface area contributed by atoms with Gasteiger partial charge in [0.1, 0.15) is 0 Å². The molecule has 2 aromatic rings. The summed E-state index contributed by atoms with van der Waals surface area (Å²) in [6, 6.07) is 7.16. The third-order valence-corrected chi connectivity index (χ3v) is 3.62. The highest BCUT2D eigenvalue weighted by molar-refractivity contribution is 7.98. The van der Waals surface area contributed by atoms with Crippen LogP contribution in [0, 0.1) is 0 Å². The molecule has 102 valence electrons. The third kappa shape index (κ3) is 3.48. The lowest BCUT2D eigenvalue weighted by molar-refractivity contribution is 0.0995. The zero-order valence-electron chi connectivity index (χ0n) is 10.9. The number of benzene rings is 1. The van der Waals surface area contributed by atoms with E-state index in [-0.39, 0.29) is 5.56 Å². The molecule has 5 nitrogen and oxygen atoms in total. The molecular weight excluding hydrogens is 262 g/mol. The Kier molecular flexibility index (Phi) is 4.11. The van der Waals surface area contributed by atoms with Gasteiger partial charge in [0, 0.05) is 12.3 Å². The molecule has 0 amide bonds. The van der Waals surface area contributed by atoms with Crippen molar-refractivity contribution in [3.63, 3.8) is 0 Å². The van der Waals surface area contributed by atoms with Crippen molar-refractivity contribution in [1.29, 1.82) is 0 Å². The van der Waals surface area contributed by atoms with Gasteiger partial charge in [0.05, 0.1) is 16.5 Å². The Morgan fingerprint density at radius 2 is 2.21 bits per heavy atom. The average Bonchev–Trinajstić information content (AvgIpc) is 2.37. The van der Waals surface area contributed by atoms with E-state index in [1.54, 1.807) is 36.9 Å². The molecule has 0 aliphatic rings. The van der Waals surface area contributed by atoms with E-state index < -0.39 is 5.60 Å².